The number of hydrogen-bond donors (Lipinski definition) is 3. The molecule has 4 N–H and O–H groups in total. The van der Waals surface area contributed by atoms with Gasteiger partial charge in [0.05, 0.1) is 12.6 Å². The van der Waals surface area contributed by atoms with Crippen molar-refractivity contribution < 1.29 is 27.5 Å². The van der Waals surface area contributed by atoms with Gasteiger partial charge in [0.2, 0.25) is 11.8 Å². The highest BCUT2D eigenvalue weighted by molar-refractivity contribution is 5.87. The molecule has 27 heavy (non-hydrogen) atoms. The third-order valence-electron chi connectivity index (χ3n) is 3.53. The van der Waals surface area contributed by atoms with Crippen molar-refractivity contribution in [3.8, 4) is 5.75 Å². The van der Waals surface area contributed by atoms with E-state index in [4.69, 9.17) is 10.5 Å². The van der Waals surface area contributed by atoms with Crippen molar-refractivity contribution in [2.75, 3.05) is 13.2 Å². The fourth-order valence-electron chi connectivity index (χ4n) is 1.95. The number of ether oxygens (including phenoxy) is 1. The van der Waals surface area contributed by atoms with E-state index in [0.29, 0.717) is 5.56 Å². The lowest BCUT2D eigenvalue weighted by atomic mass is 10.1. The summed E-state index contributed by atoms with van der Waals surface area (Å²) in [6.45, 7) is 3.56. The molecule has 0 aliphatic carbocycles. The number of hydrogen-bond acceptors (Lipinski definition) is 4. The van der Waals surface area contributed by atoms with Crippen LogP contribution < -0.4 is 21.1 Å². The highest BCUT2D eigenvalue weighted by atomic mass is 35.5. The minimum Gasteiger partial charge on any atom is -0.484 e. The van der Waals surface area contributed by atoms with Crippen molar-refractivity contribution in [3.05, 3.63) is 29.3 Å². The number of nitrogens with one attached hydrogen (secondary N) is 2. The Balaban J connectivity index is 0.00000676. The normalized spacial score (nSPS) is 12.1. The van der Waals surface area contributed by atoms with Crippen LogP contribution in [0.2, 0.25) is 0 Å². The summed E-state index contributed by atoms with van der Waals surface area (Å²) in [4.78, 5) is 23.5. The van der Waals surface area contributed by atoms with Gasteiger partial charge in [0.15, 0.2) is 6.61 Å². The number of rotatable bonds is 8. The molecule has 6 nitrogen and oxygen atoms in total. The van der Waals surface area contributed by atoms with E-state index < -0.39 is 30.6 Å². The lowest BCUT2D eigenvalue weighted by Gasteiger charge is -2.16. The van der Waals surface area contributed by atoms with E-state index in [1.165, 1.54) is 6.07 Å². The molecule has 2 amide bonds. The van der Waals surface area contributed by atoms with Crippen LogP contribution >= 0.6 is 12.4 Å². The van der Waals surface area contributed by atoms with E-state index in [1.807, 2.05) is 0 Å². The fourth-order valence-corrected chi connectivity index (χ4v) is 1.95. The molecule has 10 heteroatoms. The Hall–Kier alpha value is -2.00. The Morgan fingerprint density at radius 2 is 1.85 bits per heavy atom. The Morgan fingerprint density at radius 3 is 2.41 bits per heavy atom. The number of amides is 2. The molecule has 0 unspecified atom stereocenters. The largest absolute Gasteiger partial charge is 0.484 e. The average molecular weight is 412 g/mol. The lowest BCUT2D eigenvalue weighted by Crippen LogP contribution is -2.47. The molecule has 0 radical (unpaired) electrons. The number of carbonyl (C=O) groups is 2. The molecule has 0 aromatic heterocycles. The third-order valence-corrected chi connectivity index (χ3v) is 3.53. The summed E-state index contributed by atoms with van der Waals surface area (Å²) in [5, 5.41) is 4.94. The maximum Gasteiger partial charge on any atom is 0.422 e. The number of aryl methyl sites for hydroxylation is 1. The summed E-state index contributed by atoms with van der Waals surface area (Å²) in [7, 11) is 0. The first-order valence-electron chi connectivity index (χ1n) is 8.08. The minimum atomic E-state index is -4.45. The number of halogens is 4. The van der Waals surface area contributed by atoms with Gasteiger partial charge in [0, 0.05) is 12.1 Å². The van der Waals surface area contributed by atoms with Crippen LogP contribution in [0.15, 0.2) is 18.2 Å². The summed E-state index contributed by atoms with van der Waals surface area (Å²) in [6, 6.07) is 4.03. The van der Waals surface area contributed by atoms with Gasteiger partial charge in [0.25, 0.3) is 0 Å². The van der Waals surface area contributed by atoms with Crippen molar-refractivity contribution in [2.24, 2.45) is 11.7 Å². The smallest absolute Gasteiger partial charge is 0.422 e. The molecule has 154 valence electrons. The van der Waals surface area contributed by atoms with E-state index >= 15 is 0 Å². The predicted molar refractivity (Wildman–Crippen MR) is 97.6 cm³/mol. The van der Waals surface area contributed by atoms with Crippen molar-refractivity contribution in [1.29, 1.82) is 0 Å². The summed E-state index contributed by atoms with van der Waals surface area (Å²) in [5.41, 5.74) is 6.79. The van der Waals surface area contributed by atoms with Gasteiger partial charge in [-0.15, -0.1) is 12.4 Å². The summed E-state index contributed by atoms with van der Waals surface area (Å²) < 4.78 is 41.8. The average Bonchev–Trinajstić information content (AvgIpc) is 2.55. The molecule has 1 rings (SSSR count). The standard InChI is InChI=1S/C17H24F3N3O3.ClH/c1-10(2)15(21)16(25)23-8-14(24)22-7-12-5-4-11(3)6-13(12)26-9-17(18,19)20;/h4-6,10,15H,7-9,21H2,1-3H3,(H,22,24)(H,23,25);1H/t15-;/m0./s1. The van der Waals surface area contributed by atoms with Crippen molar-refractivity contribution in [2.45, 2.75) is 39.5 Å². The van der Waals surface area contributed by atoms with Crippen LogP contribution in [0.5, 0.6) is 5.75 Å². The first-order valence-corrected chi connectivity index (χ1v) is 8.08. The van der Waals surface area contributed by atoms with Crippen LogP contribution in [0, 0.1) is 12.8 Å². The predicted octanol–water partition coefficient (Wildman–Crippen LogP) is 2.07. The highest BCUT2D eigenvalue weighted by Crippen LogP contribution is 2.23. The second-order valence-electron chi connectivity index (χ2n) is 6.28. The molecule has 1 aromatic carbocycles. The van der Waals surface area contributed by atoms with Gasteiger partial charge in [-0.05, 0) is 24.5 Å². The molecular weight excluding hydrogens is 387 g/mol. The molecule has 0 spiro atoms. The molecular formula is C17H25ClF3N3O3. The maximum atomic E-state index is 12.3. The molecule has 0 aliphatic rings. The second-order valence-corrected chi connectivity index (χ2v) is 6.28. The maximum absolute atomic E-state index is 12.3. The number of alkyl halides is 3. The lowest BCUT2D eigenvalue weighted by molar-refractivity contribution is -0.153. The number of benzene rings is 1. The molecule has 0 heterocycles. The van der Waals surface area contributed by atoms with Gasteiger partial charge in [-0.3, -0.25) is 9.59 Å². The van der Waals surface area contributed by atoms with E-state index in [1.54, 1.807) is 32.9 Å². The van der Waals surface area contributed by atoms with E-state index in [-0.39, 0.29) is 37.2 Å². The van der Waals surface area contributed by atoms with E-state index in [0.717, 1.165) is 5.56 Å². The summed E-state index contributed by atoms with van der Waals surface area (Å²) in [6.07, 6.45) is -4.45. The monoisotopic (exact) mass is 411 g/mol. The molecule has 1 atom stereocenters. The van der Waals surface area contributed by atoms with Crippen molar-refractivity contribution >= 4 is 24.2 Å². The first-order chi connectivity index (χ1) is 12.0. The third kappa shape index (κ3) is 9.48. The van der Waals surface area contributed by atoms with Crippen LogP contribution in [0.25, 0.3) is 0 Å². The van der Waals surface area contributed by atoms with Gasteiger partial charge < -0.3 is 21.1 Å². The van der Waals surface area contributed by atoms with Crippen molar-refractivity contribution in [1.82, 2.24) is 10.6 Å². The second kappa shape index (κ2) is 11.0. The SMILES string of the molecule is Cc1ccc(CNC(=O)CNC(=O)[C@@H](N)C(C)C)c(OCC(F)(F)F)c1.Cl. The number of carbonyl (C=O) groups excluding carboxylic acids is 2. The molecule has 0 saturated carbocycles. The zero-order chi connectivity index (χ0) is 19.9. The topological polar surface area (TPSA) is 93.5 Å². The van der Waals surface area contributed by atoms with Crippen molar-refractivity contribution in [3.63, 3.8) is 0 Å². The molecule has 0 bridgehead atoms. The molecule has 0 aliphatic heterocycles. The Labute approximate surface area is 162 Å². The van der Waals surface area contributed by atoms with Crippen LogP contribution in [-0.2, 0) is 16.1 Å². The molecule has 1 aromatic rings. The van der Waals surface area contributed by atoms with E-state index in [9.17, 15) is 22.8 Å². The fraction of sp³-hybridized carbons (Fsp3) is 0.529. The van der Waals surface area contributed by atoms with Gasteiger partial charge in [-0.25, -0.2) is 0 Å². The van der Waals surface area contributed by atoms with Gasteiger partial charge in [-0.1, -0.05) is 26.0 Å². The van der Waals surface area contributed by atoms with E-state index in [2.05, 4.69) is 10.6 Å². The first kappa shape index (κ1) is 25.0. The highest BCUT2D eigenvalue weighted by Gasteiger charge is 2.28. The zero-order valence-electron chi connectivity index (χ0n) is 15.4. The molecule has 0 saturated heterocycles. The Bertz CT molecular complexity index is 640. The Kier molecular flexibility index (Phi) is 10.2. The summed E-state index contributed by atoms with van der Waals surface area (Å²) >= 11 is 0. The van der Waals surface area contributed by atoms with Gasteiger partial charge in [-0.2, -0.15) is 13.2 Å². The zero-order valence-corrected chi connectivity index (χ0v) is 16.2. The Morgan fingerprint density at radius 1 is 1.22 bits per heavy atom. The van der Waals surface area contributed by atoms with Crippen LogP contribution in [0.4, 0.5) is 13.2 Å². The van der Waals surface area contributed by atoms with Crippen LogP contribution in [0.3, 0.4) is 0 Å². The minimum absolute atomic E-state index is 0. The quantitative estimate of drug-likeness (QED) is 0.610. The van der Waals surface area contributed by atoms with Gasteiger partial charge in [0.1, 0.15) is 5.75 Å². The van der Waals surface area contributed by atoms with Gasteiger partial charge >= 0.3 is 6.18 Å². The van der Waals surface area contributed by atoms with Crippen LogP contribution in [-0.4, -0.2) is 37.2 Å². The molecule has 0 fully saturated rings. The summed E-state index contributed by atoms with van der Waals surface area (Å²) in [5.74, 6) is -0.955. The van der Waals surface area contributed by atoms with Crippen LogP contribution in [0.1, 0.15) is 25.0 Å². The number of nitrogens with two attached hydrogens (primary N) is 1.